The highest BCUT2D eigenvalue weighted by atomic mass is 32.2. The molecule has 1 unspecified atom stereocenters. The van der Waals surface area contributed by atoms with Gasteiger partial charge in [-0.3, -0.25) is 0 Å². The van der Waals surface area contributed by atoms with Crippen molar-refractivity contribution in [1.82, 2.24) is 4.72 Å². The van der Waals surface area contributed by atoms with E-state index in [0.29, 0.717) is 6.61 Å². The first-order valence-electron chi connectivity index (χ1n) is 6.00. The topological polar surface area (TPSA) is 67.4 Å². The van der Waals surface area contributed by atoms with Crippen LogP contribution < -0.4 is 10.0 Å². The maximum atomic E-state index is 12.1. The van der Waals surface area contributed by atoms with E-state index < -0.39 is 10.0 Å². The minimum absolute atomic E-state index is 0.118. The Bertz CT molecular complexity index is 479. The van der Waals surface area contributed by atoms with Crippen molar-refractivity contribution in [2.24, 2.45) is 0 Å². The molecule has 0 aliphatic carbocycles. The Morgan fingerprint density at radius 1 is 1.28 bits per heavy atom. The van der Waals surface area contributed by atoms with Crippen LogP contribution in [0.4, 0.5) is 5.69 Å². The monoisotopic (exact) mass is 270 g/mol. The van der Waals surface area contributed by atoms with E-state index in [-0.39, 0.29) is 10.9 Å². The minimum atomic E-state index is -3.44. The van der Waals surface area contributed by atoms with Crippen LogP contribution in [0.1, 0.15) is 12.8 Å². The molecule has 2 N–H and O–H groups in total. The van der Waals surface area contributed by atoms with Gasteiger partial charge >= 0.3 is 0 Å². The molecule has 0 saturated carbocycles. The second-order valence-electron chi connectivity index (χ2n) is 4.31. The molecule has 6 heteroatoms. The van der Waals surface area contributed by atoms with Crippen molar-refractivity contribution in [2.45, 2.75) is 23.8 Å². The lowest BCUT2D eigenvalue weighted by Crippen LogP contribution is -2.40. The summed E-state index contributed by atoms with van der Waals surface area (Å²) in [6.07, 6.45) is 1.72. The number of rotatable bonds is 4. The number of hydrogen-bond donors (Lipinski definition) is 2. The molecule has 2 rings (SSSR count). The van der Waals surface area contributed by atoms with Crippen molar-refractivity contribution in [3.63, 3.8) is 0 Å². The molecule has 1 aliphatic rings. The van der Waals surface area contributed by atoms with Crippen molar-refractivity contribution < 1.29 is 13.2 Å². The van der Waals surface area contributed by atoms with Gasteiger partial charge in [-0.1, -0.05) is 0 Å². The summed E-state index contributed by atoms with van der Waals surface area (Å²) in [4.78, 5) is 0.284. The lowest BCUT2D eigenvalue weighted by atomic mass is 10.1. The van der Waals surface area contributed by atoms with Gasteiger partial charge in [0.15, 0.2) is 0 Å². The van der Waals surface area contributed by atoms with Crippen LogP contribution >= 0.6 is 0 Å². The van der Waals surface area contributed by atoms with Crippen LogP contribution in [0.25, 0.3) is 0 Å². The molecule has 1 aromatic rings. The van der Waals surface area contributed by atoms with Crippen molar-refractivity contribution in [1.29, 1.82) is 0 Å². The molecule has 1 heterocycles. The van der Waals surface area contributed by atoms with Gasteiger partial charge in [-0.25, -0.2) is 13.1 Å². The van der Waals surface area contributed by atoms with E-state index in [2.05, 4.69) is 10.0 Å². The van der Waals surface area contributed by atoms with E-state index in [4.69, 9.17) is 4.74 Å². The van der Waals surface area contributed by atoms with Crippen molar-refractivity contribution in [3.05, 3.63) is 24.3 Å². The van der Waals surface area contributed by atoms with E-state index in [9.17, 15) is 8.42 Å². The van der Waals surface area contributed by atoms with Gasteiger partial charge in [0.1, 0.15) is 0 Å². The van der Waals surface area contributed by atoms with Gasteiger partial charge in [-0.15, -0.1) is 0 Å². The maximum Gasteiger partial charge on any atom is 0.240 e. The van der Waals surface area contributed by atoms with E-state index in [1.54, 1.807) is 31.3 Å². The molecule has 1 aliphatic heterocycles. The third-order valence-electron chi connectivity index (χ3n) is 2.94. The fourth-order valence-corrected chi connectivity index (χ4v) is 3.18. The van der Waals surface area contributed by atoms with Gasteiger partial charge in [0.2, 0.25) is 10.0 Å². The van der Waals surface area contributed by atoms with Crippen molar-refractivity contribution in [3.8, 4) is 0 Å². The van der Waals surface area contributed by atoms with Gasteiger partial charge in [0.25, 0.3) is 0 Å². The molecule has 5 nitrogen and oxygen atoms in total. The number of hydrogen-bond acceptors (Lipinski definition) is 4. The highest BCUT2D eigenvalue weighted by molar-refractivity contribution is 7.89. The Labute approximate surface area is 108 Å². The van der Waals surface area contributed by atoms with Crippen LogP contribution in [0.5, 0.6) is 0 Å². The number of anilines is 1. The number of nitrogens with one attached hydrogen (secondary N) is 2. The van der Waals surface area contributed by atoms with Crippen LogP contribution in [-0.4, -0.2) is 34.7 Å². The summed E-state index contributed by atoms with van der Waals surface area (Å²) in [5, 5.41) is 2.95. The average molecular weight is 270 g/mol. The zero-order valence-electron chi connectivity index (χ0n) is 10.3. The molecular weight excluding hydrogens is 252 g/mol. The fourth-order valence-electron chi connectivity index (χ4n) is 1.92. The Hall–Kier alpha value is -1.11. The Morgan fingerprint density at radius 3 is 2.56 bits per heavy atom. The van der Waals surface area contributed by atoms with Gasteiger partial charge in [-0.05, 0) is 37.1 Å². The zero-order chi connectivity index (χ0) is 13.0. The number of ether oxygens (including phenoxy) is 1. The molecule has 1 fully saturated rings. The van der Waals surface area contributed by atoms with Crippen LogP contribution in [0.2, 0.25) is 0 Å². The minimum Gasteiger partial charge on any atom is -0.388 e. The molecule has 1 aromatic carbocycles. The van der Waals surface area contributed by atoms with Crippen LogP contribution in [-0.2, 0) is 14.8 Å². The van der Waals surface area contributed by atoms with Crippen LogP contribution in [0.15, 0.2) is 29.2 Å². The molecule has 0 aromatic heterocycles. The highest BCUT2D eigenvalue weighted by Gasteiger charge is 2.21. The van der Waals surface area contributed by atoms with Crippen molar-refractivity contribution >= 4 is 15.7 Å². The summed E-state index contributed by atoms with van der Waals surface area (Å²) < 4.78 is 32.2. The SMILES string of the molecule is CNc1ccc(S(=O)(=O)NC2CCCOC2)cc1. The maximum absolute atomic E-state index is 12.1. The normalized spacial score (nSPS) is 20.6. The fraction of sp³-hybridized carbons (Fsp3) is 0.500. The predicted molar refractivity (Wildman–Crippen MR) is 70.2 cm³/mol. The number of benzene rings is 1. The standard InChI is InChI=1S/C12H18N2O3S/c1-13-10-4-6-12(7-5-10)18(15,16)14-11-3-2-8-17-9-11/h4-7,11,13-14H,2-3,8-9H2,1H3. The first-order valence-corrected chi connectivity index (χ1v) is 7.48. The third kappa shape index (κ3) is 3.22. The predicted octanol–water partition coefficient (Wildman–Crippen LogP) is 1.19. The molecule has 1 saturated heterocycles. The van der Waals surface area contributed by atoms with Gasteiger partial charge in [0.05, 0.1) is 11.5 Å². The summed E-state index contributed by atoms with van der Waals surface area (Å²) >= 11 is 0. The first-order chi connectivity index (χ1) is 8.62. The van der Waals surface area contributed by atoms with Gasteiger partial charge in [-0.2, -0.15) is 0 Å². The zero-order valence-corrected chi connectivity index (χ0v) is 11.2. The van der Waals surface area contributed by atoms with E-state index in [1.807, 2.05) is 0 Å². The van der Waals surface area contributed by atoms with E-state index in [0.717, 1.165) is 25.1 Å². The molecule has 0 bridgehead atoms. The third-order valence-corrected chi connectivity index (χ3v) is 4.47. The summed E-state index contributed by atoms with van der Waals surface area (Å²) in [6.45, 7) is 1.17. The number of sulfonamides is 1. The summed E-state index contributed by atoms with van der Waals surface area (Å²) in [6, 6.07) is 6.56. The largest absolute Gasteiger partial charge is 0.388 e. The van der Waals surface area contributed by atoms with Crippen LogP contribution in [0.3, 0.4) is 0 Å². The second kappa shape index (κ2) is 5.69. The van der Waals surface area contributed by atoms with Crippen LogP contribution in [0, 0.1) is 0 Å². The first kappa shape index (κ1) is 13.3. The smallest absolute Gasteiger partial charge is 0.240 e. The molecular formula is C12H18N2O3S. The van der Waals surface area contributed by atoms with E-state index >= 15 is 0 Å². The molecule has 18 heavy (non-hydrogen) atoms. The summed E-state index contributed by atoms with van der Waals surface area (Å²) in [5.41, 5.74) is 0.884. The van der Waals surface area contributed by atoms with E-state index in [1.165, 1.54) is 0 Å². The Morgan fingerprint density at radius 2 is 2.00 bits per heavy atom. The highest BCUT2D eigenvalue weighted by Crippen LogP contribution is 2.15. The summed E-state index contributed by atoms with van der Waals surface area (Å²) in [7, 11) is -1.65. The van der Waals surface area contributed by atoms with Gasteiger partial charge < -0.3 is 10.1 Å². The molecule has 0 spiro atoms. The van der Waals surface area contributed by atoms with Crippen molar-refractivity contribution in [2.75, 3.05) is 25.6 Å². The second-order valence-corrected chi connectivity index (χ2v) is 6.02. The lowest BCUT2D eigenvalue weighted by molar-refractivity contribution is 0.0774. The average Bonchev–Trinajstić information content (AvgIpc) is 2.39. The lowest BCUT2D eigenvalue weighted by Gasteiger charge is -2.23. The molecule has 1 atom stereocenters. The molecule has 0 radical (unpaired) electrons. The Kier molecular flexibility index (Phi) is 4.21. The molecule has 100 valence electrons. The quantitative estimate of drug-likeness (QED) is 0.862. The molecule has 0 amide bonds. The van der Waals surface area contributed by atoms with Gasteiger partial charge in [0, 0.05) is 25.4 Å². The summed E-state index contributed by atoms with van der Waals surface area (Å²) in [5.74, 6) is 0. The Balaban J connectivity index is 2.08.